The van der Waals surface area contributed by atoms with Crippen molar-refractivity contribution >= 4 is 32.5 Å². The Morgan fingerprint density at radius 1 is 1.12 bits per heavy atom. The van der Waals surface area contributed by atoms with E-state index in [2.05, 4.69) is 9.82 Å². The SMILES string of the molecule is CC(=O)N1Cc2nn(C)c(NS(=O)(=O)c3cccc4ccccc34)c2C1. The van der Waals surface area contributed by atoms with Crippen LogP contribution in [0.3, 0.4) is 0 Å². The average Bonchev–Trinajstić information content (AvgIpc) is 3.13. The summed E-state index contributed by atoms with van der Waals surface area (Å²) in [5.74, 6) is 0.338. The molecular weight excluding hydrogens is 352 g/mol. The van der Waals surface area contributed by atoms with Crippen molar-refractivity contribution in [2.75, 3.05) is 4.72 Å². The van der Waals surface area contributed by atoms with E-state index in [9.17, 15) is 13.2 Å². The minimum Gasteiger partial charge on any atom is -0.332 e. The Morgan fingerprint density at radius 3 is 2.62 bits per heavy atom. The lowest BCUT2D eigenvalue weighted by atomic mass is 10.1. The molecule has 0 radical (unpaired) electrons. The van der Waals surface area contributed by atoms with Crippen molar-refractivity contribution in [1.29, 1.82) is 0 Å². The van der Waals surface area contributed by atoms with Gasteiger partial charge in [-0.3, -0.25) is 14.2 Å². The number of amides is 1. The quantitative estimate of drug-likeness (QED) is 0.766. The number of fused-ring (bicyclic) bond motifs is 2. The van der Waals surface area contributed by atoms with Gasteiger partial charge < -0.3 is 4.90 Å². The van der Waals surface area contributed by atoms with Crippen molar-refractivity contribution < 1.29 is 13.2 Å². The zero-order chi connectivity index (χ0) is 18.5. The van der Waals surface area contributed by atoms with Crippen LogP contribution in [-0.4, -0.2) is 29.0 Å². The Balaban J connectivity index is 1.75. The van der Waals surface area contributed by atoms with E-state index in [0.29, 0.717) is 24.3 Å². The predicted molar refractivity (Wildman–Crippen MR) is 97.9 cm³/mol. The smallest absolute Gasteiger partial charge is 0.263 e. The summed E-state index contributed by atoms with van der Waals surface area (Å²) in [5.41, 5.74) is 1.46. The summed E-state index contributed by atoms with van der Waals surface area (Å²) in [6.45, 7) is 2.24. The highest BCUT2D eigenvalue weighted by atomic mass is 32.2. The Morgan fingerprint density at radius 2 is 1.85 bits per heavy atom. The van der Waals surface area contributed by atoms with E-state index in [1.165, 1.54) is 11.6 Å². The summed E-state index contributed by atoms with van der Waals surface area (Å²) >= 11 is 0. The maximum absolute atomic E-state index is 13.0. The van der Waals surface area contributed by atoms with Gasteiger partial charge in [0.2, 0.25) is 5.91 Å². The summed E-state index contributed by atoms with van der Waals surface area (Å²) in [7, 11) is -2.11. The molecule has 0 saturated carbocycles. The third kappa shape index (κ3) is 2.62. The fourth-order valence-electron chi connectivity index (χ4n) is 3.31. The third-order valence-electron chi connectivity index (χ3n) is 4.63. The van der Waals surface area contributed by atoms with Gasteiger partial charge in [-0.25, -0.2) is 8.42 Å². The zero-order valence-corrected chi connectivity index (χ0v) is 15.2. The molecule has 0 spiro atoms. The van der Waals surface area contributed by atoms with E-state index in [0.717, 1.165) is 16.6 Å². The lowest BCUT2D eigenvalue weighted by Gasteiger charge is -2.15. The molecule has 4 rings (SSSR count). The number of aromatic nitrogens is 2. The van der Waals surface area contributed by atoms with Gasteiger partial charge in [-0.05, 0) is 11.5 Å². The minimum absolute atomic E-state index is 0.0616. The van der Waals surface area contributed by atoms with Gasteiger partial charge in [0.1, 0.15) is 5.82 Å². The van der Waals surface area contributed by atoms with Crippen LogP contribution >= 0.6 is 0 Å². The first-order valence-electron chi connectivity index (χ1n) is 8.17. The van der Waals surface area contributed by atoms with E-state index in [1.54, 1.807) is 30.1 Å². The lowest BCUT2D eigenvalue weighted by molar-refractivity contribution is -0.129. The standard InChI is InChI=1S/C18H18N4O3S/c1-12(23)22-10-15-16(11-22)19-21(2)18(15)20-26(24,25)17-9-5-7-13-6-3-4-8-14(13)17/h3-9,20H,10-11H2,1-2H3. The van der Waals surface area contributed by atoms with Crippen LogP contribution in [0.2, 0.25) is 0 Å². The summed E-state index contributed by atoms with van der Waals surface area (Å²) in [6, 6.07) is 12.5. The fourth-order valence-corrected chi connectivity index (χ4v) is 4.66. The molecule has 0 atom stereocenters. The predicted octanol–water partition coefficient (Wildman–Crippen LogP) is 2.24. The van der Waals surface area contributed by atoms with Gasteiger partial charge in [-0.2, -0.15) is 5.10 Å². The normalized spacial score (nSPS) is 13.8. The van der Waals surface area contributed by atoms with Crippen LogP contribution in [0.1, 0.15) is 18.2 Å². The number of carbonyl (C=O) groups excluding carboxylic acids is 1. The largest absolute Gasteiger partial charge is 0.332 e. The maximum Gasteiger partial charge on any atom is 0.263 e. The van der Waals surface area contributed by atoms with Crippen molar-refractivity contribution in [3.63, 3.8) is 0 Å². The number of sulfonamides is 1. The molecule has 0 bridgehead atoms. The number of hydrogen-bond acceptors (Lipinski definition) is 4. The topological polar surface area (TPSA) is 84.3 Å². The molecule has 7 nitrogen and oxygen atoms in total. The van der Waals surface area contributed by atoms with Crippen molar-refractivity contribution in [3.8, 4) is 0 Å². The Hall–Kier alpha value is -2.87. The molecule has 8 heteroatoms. The van der Waals surface area contributed by atoms with Gasteiger partial charge in [-0.15, -0.1) is 0 Å². The molecule has 0 fully saturated rings. The van der Waals surface area contributed by atoms with Crippen LogP contribution < -0.4 is 4.72 Å². The second kappa shape index (κ2) is 5.84. The van der Waals surface area contributed by atoms with E-state index < -0.39 is 10.0 Å². The number of nitrogens with one attached hydrogen (secondary N) is 1. The molecule has 1 aromatic heterocycles. The van der Waals surface area contributed by atoms with Gasteiger partial charge in [0.05, 0.1) is 23.7 Å². The van der Waals surface area contributed by atoms with Crippen molar-refractivity contribution in [3.05, 3.63) is 53.7 Å². The summed E-state index contributed by atoms with van der Waals surface area (Å²) in [6.07, 6.45) is 0. The van der Waals surface area contributed by atoms with E-state index >= 15 is 0 Å². The molecule has 0 unspecified atom stereocenters. The number of aryl methyl sites for hydroxylation is 1. The molecule has 3 aromatic rings. The molecule has 26 heavy (non-hydrogen) atoms. The average molecular weight is 370 g/mol. The monoisotopic (exact) mass is 370 g/mol. The molecule has 1 amide bonds. The second-order valence-corrected chi connectivity index (χ2v) is 8.01. The summed E-state index contributed by atoms with van der Waals surface area (Å²) in [5, 5.41) is 5.87. The highest BCUT2D eigenvalue weighted by Gasteiger charge is 2.30. The van der Waals surface area contributed by atoms with Crippen LogP contribution in [0, 0.1) is 0 Å². The van der Waals surface area contributed by atoms with Gasteiger partial charge >= 0.3 is 0 Å². The lowest BCUT2D eigenvalue weighted by Crippen LogP contribution is -2.23. The minimum atomic E-state index is -3.81. The number of benzene rings is 2. The Labute approximate surface area is 151 Å². The summed E-state index contributed by atoms with van der Waals surface area (Å²) < 4.78 is 30.3. The second-order valence-electron chi connectivity index (χ2n) is 6.36. The van der Waals surface area contributed by atoms with E-state index in [4.69, 9.17) is 0 Å². The van der Waals surface area contributed by atoms with Crippen molar-refractivity contribution in [2.24, 2.45) is 7.05 Å². The third-order valence-corrected chi connectivity index (χ3v) is 6.03. The number of hydrogen-bond donors (Lipinski definition) is 1. The molecular formula is C18H18N4O3S. The fraction of sp³-hybridized carbons (Fsp3) is 0.222. The van der Waals surface area contributed by atoms with Crippen LogP contribution in [0.5, 0.6) is 0 Å². The molecule has 0 aliphatic carbocycles. The Kier molecular flexibility index (Phi) is 3.73. The first-order chi connectivity index (χ1) is 12.4. The van der Waals surface area contributed by atoms with Crippen LogP contribution in [0.25, 0.3) is 10.8 Å². The van der Waals surface area contributed by atoms with Crippen LogP contribution in [-0.2, 0) is 35.0 Å². The van der Waals surface area contributed by atoms with Crippen molar-refractivity contribution in [2.45, 2.75) is 24.9 Å². The Bertz CT molecular complexity index is 1130. The molecule has 1 N–H and O–H groups in total. The first-order valence-corrected chi connectivity index (χ1v) is 9.66. The van der Waals surface area contributed by atoms with Gasteiger partial charge in [0.15, 0.2) is 0 Å². The van der Waals surface area contributed by atoms with Gasteiger partial charge in [0.25, 0.3) is 10.0 Å². The van der Waals surface area contributed by atoms with Gasteiger partial charge in [-0.1, -0.05) is 36.4 Å². The molecule has 0 saturated heterocycles. The summed E-state index contributed by atoms with van der Waals surface area (Å²) in [4.78, 5) is 13.5. The van der Waals surface area contributed by atoms with Crippen LogP contribution in [0.15, 0.2) is 47.4 Å². The zero-order valence-electron chi connectivity index (χ0n) is 14.4. The van der Waals surface area contributed by atoms with E-state index in [1.807, 2.05) is 24.3 Å². The van der Waals surface area contributed by atoms with Crippen LogP contribution in [0.4, 0.5) is 5.82 Å². The molecule has 134 valence electrons. The molecule has 2 heterocycles. The number of rotatable bonds is 3. The highest BCUT2D eigenvalue weighted by molar-refractivity contribution is 7.93. The molecule has 2 aromatic carbocycles. The molecule has 1 aliphatic rings. The highest BCUT2D eigenvalue weighted by Crippen LogP contribution is 2.31. The number of carbonyl (C=O) groups is 1. The van der Waals surface area contributed by atoms with Crippen molar-refractivity contribution in [1.82, 2.24) is 14.7 Å². The van der Waals surface area contributed by atoms with E-state index in [-0.39, 0.29) is 10.8 Å². The first kappa shape index (κ1) is 16.6. The molecule has 1 aliphatic heterocycles. The number of nitrogens with zero attached hydrogens (tertiary/aromatic N) is 3. The van der Waals surface area contributed by atoms with Gasteiger partial charge in [0, 0.05) is 24.9 Å². The maximum atomic E-state index is 13.0. The number of anilines is 1.